The highest BCUT2D eigenvalue weighted by atomic mass is 19.4. The minimum Gasteiger partial charge on any atom is -0.258 e. The summed E-state index contributed by atoms with van der Waals surface area (Å²) in [5.41, 5.74) is -3.10. The van der Waals surface area contributed by atoms with Gasteiger partial charge in [-0.3, -0.25) is 20.2 Å². The van der Waals surface area contributed by atoms with Gasteiger partial charge in [0, 0.05) is 0 Å². The van der Waals surface area contributed by atoms with Crippen molar-refractivity contribution in [2.45, 2.75) is 18.8 Å². The first-order valence-corrected chi connectivity index (χ1v) is 4.15. The molecule has 0 bridgehead atoms. The van der Waals surface area contributed by atoms with Crippen LogP contribution >= 0.6 is 0 Å². The predicted octanol–water partition coefficient (Wildman–Crippen LogP) is 0.312. The van der Waals surface area contributed by atoms with Gasteiger partial charge in [0.05, 0.1) is 6.92 Å². The molecule has 18 heavy (non-hydrogen) atoms. The highest BCUT2D eigenvalue weighted by Crippen LogP contribution is 2.19. The van der Waals surface area contributed by atoms with Crippen LogP contribution in [0.1, 0.15) is 6.92 Å². The monoisotopic (exact) mass is 276 g/mol. The van der Waals surface area contributed by atoms with E-state index >= 15 is 0 Å². The van der Waals surface area contributed by atoms with Gasteiger partial charge in [-0.2, -0.15) is 13.2 Å². The number of rotatable bonds is 6. The van der Waals surface area contributed by atoms with E-state index in [0.29, 0.717) is 6.92 Å². The smallest absolute Gasteiger partial charge is 0.258 e. The van der Waals surface area contributed by atoms with E-state index in [1.807, 2.05) is 0 Å². The number of nitro groups is 3. The fourth-order valence-corrected chi connectivity index (χ4v) is 0.906. The Morgan fingerprint density at radius 1 is 1.00 bits per heavy atom. The van der Waals surface area contributed by atoms with E-state index in [9.17, 15) is 43.5 Å². The van der Waals surface area contributed by atoms with Gasteiger partial charge in [-0.1, -0.05) is 0 Å². The van der Waals surface area contributed by atoms with Gasteiger partial charge in [-0.25, -0.2) is 10.1 Å². The minimum atomic E-state index is -5.01. The molecule has 0 saturated heterocycles. The Kier molecular flexibility index (Phi) is 4.36. The van der Waals surface area contributed by atoms with Crippen molar-refractivity contribution in [2.24, 2.45) is 0 Å². The second-order valence-electron chi connectivity index (χ2n) is 3.41. The molecule has 0 aliphatic heterocycles. The van der Waals surface area contributed by atoms with Gasteiger partial charge in [0.25, 0.3) is 0 Å². The number of hydrogen-bond acceptors (Lipinski definition) is 6. The zero-order valence-corrected chi connectivity index (χ0v) is 8.79. The van der Waals surface area contributed by atoms with Gasteiger partial charge < -0.3 is 0 Å². The molecule has 0 aromatic heterocycles. The first-order valence-electron chi connectivity index (χ1n) is 4.15. The van der Waals surface area contributed by atoms with Gasteiger partial charge in [-0.05, 0) is 0 Å². The normalized spacial score (nSPS) is 12.0. The molecule has 0 radical (unpaired) electrons. The zero-order valence-electron chi connectivity index (χ0n) is 8.79. The molecule has 10 nitrogen and oxygen atoms in total. The molecule has 0 fully saturated rings. The van der Waals surface area contributed by atoms with E-state index in [0.717, 1.165) is 0 Å². The number of nitrogens with zero attached hydrogens (tertiary/aromatic N) is 4. The first-order chi connectivity index (χ1) is 7.90. The Balaban J connectivity index is 5.14. The van der Waals surface area contributed by atoms with Crippen molar-refractivity contribution in [1.29, 1.82) is 0 Å². The van der Waals surface area contributed by atoms with E-state index in [-0.39, 0.29) is 0 Å². The van der Waals surface area contributed by atoms with Gasteiger partial charge in [0.1, 0.15) is 9.85 Å². The third kappa shape index (κ3) is 3.99. The fourth-order valence-electron chi connectivity index (χ4n) is 0.906. The van der Waals surface area contributed by atoms with Crippen LogP contribution in [0.3, 0.4) is 0 Å². The lowest BCUT2D eigenvalue weighted by Gasteiger charge is -2.19. The van der Waals surface area contributed by atoms with Crippen molar-refractivity contribution in [3.05, 3.63) is 30.3 Å². The lowest BCUT2D eigenvalue weighted by atomic mass is 10.2. The van der Waals surface area contributed by atoms with Crippen LogP contribution in [-0.4, -0.2) is 44.8 Å². The summed E-state index contributed by atoms with van der Waals surface area (Å²) in [5, 5.41) is 28.9. The van der Waals surface area contributed by atoms with Crippen LogP contribution in [0, 0.1) is 30.3 Å². The summed E-state index contributed by atoms with van der Waals surface area (Å²) in [4.78, 5) is 28.2. The van der Waals surface area contributed by atoms with E-state index < -0.39 is 44.8 Å². The molecule has 0 amide bonds. The molecule has 0 N–H and O–H groups in total. The summed E-state index contributed by atoms with van der Waals surface area (Å²) in [7, 11) is 0. The number of halogens is 3. The maximum absolute atomic E-state index is 12.0. The van der Waals surface area contributed by atoms with Crippen molar-refractivity contribution in [3.63, 3.8) is 0 Å². The summed E-state index contributed by atoms with van der Waals surface area (Å²) in [6.07, 6.45) is -5.01. The summed E-state index contributed by atoms with van der Waals surface area (Å²) in [5.74, 6) is 0. The van der Waals surface area contributed by atoms with Crippen molar-refractivity contribution < 1.29 is 28.1 Å². The standard InChI is InChI=1S/C5H7F3N4O6/c1-4(10(13)14,11(15)16)2-9(12(17)18)3-5(6,7)8/h2-3H2,1H3. The molecule has 0 saturated carbocycles. The molecule has 0 aliphatic rings. The van der Waals surface area contributed by atoms with Crippen LogP contribution in [0.2, 0.25) is 0 Å². The van der Waals surface area contributed by atoms with Crippen molar-refractivity contribution >= 4 is 0 Å². The van der Waals surface area contributed by atoms with Crippen LogP contribution in [0.15, 0.2) is 0 Å². The Bertz CT molecular complexity index is 357. The topological polar surface area (TPSA) is 133 Å². The quantitative estimate of drug-likeness (QED) is 0.387. The van der Waals surface area contributed by atoms with Crippen molar-refractivity contribution in [2.75, 3.05) is 13.1 Å². The Hall–Kier alpha value is -2.21. The average molecular weight is 276 g/mol. The third-order valence-electron chi connectivity index (χ3n) is 1.86. The molecule has 0 aromatic rings. The van der Waals surface area contributed by atoms with Crippen LogP contribution in [0.4, 0.5) is 13.2 Å². The van der Waals surface area contributed by atoms with E-state index in [1.54, 1.807) is 0 Å². The largest absolute Gasteiger partial charge is 0.478 e. The highest BCUT2D eigenvalue weighted by molar-refractivity contribution is 4.66. The van der Waals surface area contributed by atoms with Crippen molar-refractivity contribution in [1.82, 2.24) is 5.01 Å². The van der Waals surface area contributed by atoms with Gasteiger partial charge in [0.15, 0.2) is 11.6 Å². The summed E-state index contributed by atoms with van der Waals surface area (Å²) >= 11 is 0. The molecule has 0 rings (SSSR count). The van der Waals surface area contributed by atoms with E-state index in [1.165, 1.54) is 0 Å². The van der Waals surface area contributed by atoms with Gasteiger partial charge >= 0.3 is 11.8 Å². The third-order valence-corrected chi connectivity index (χ3v) is 1.86. The van der Waals surface area contributed by atoms with Crippen molar-refractivity contribution in [3.8, 4) is 0 Å². The molecular formula is C5H7F3N4O6. The summed E-state index contributed by atoms with van der Waals surface area (Å²) in [6, 6.07) is 0. The zero-order chi connectivity index (χ0) is 14.7. The maximum Gasteiger partial charge on any atom is 0.478 e. The van der Waals surface area contributed by atoms with Gasteiger partial charge in [0.2, 0.25) is 6.54 Å². The van der Waals surface area contributed by atoms with E-state index in [2.05, 4.69) is 0 Å². The van der Waals surface area contributed by atoms with Crippen LogP contribution in [0.5, 0.6) is 0 Å². The van der Waals surface area contributed by atoms with Gasteiger partial charge in [-0.15, -0.1) is 5.01 Å². The molecular weight excluding hydrogens is 269 g/mol. The molecule has 0 atom stereocenters. The Labute approximate surface area is 96.4 Å². The second kappa shape index (κ2) is 4.97. The average Bonchev–Trinajstić information content (AvgIpc) is 2.13. The first kappa shape index (κ1) is 15.8. The van der Waals surface area contributed by atoms with Crippen LogP contribution in [-0.2, 0) is 0 Å². The molecule has 13 heteroatoms. The highest BCUT2D eigenvalue weighted by Gasteiger charge is 2.56. The fraction of sp³-hybridized carbons (Fsp3) is 1.00. The molecule has 0 aliphatic carbocycles. The summed E-state index contributed by atoms with van der Waals surface area (Å²) in [6.45, 7) is -3.35. The molecule has 104 valence electrons. The predicted molar refractivity (Wildman–Crippen MR) is 47.0 cm³/mol. The Morgan fingerprint density at radius 3 is 1.61 bits per heavy atom. The maximum atomic E-state index is 12.0. The molecule has 0 spiro atoms. The lowest BCUT2D eigenvalue weighted by Crippen LogP contribution is -2.55. The van der Waals surface area contributed by atoms with E-state index in [4.69, 9.17) is 0 Å². The number of hydrogen-bond donors (Lipinski definition) is 0. The molecule has 0 unspecified atom stereocenters. The van der Waals surface area contributed by atoms with Crippen LogP contribution < -0.4 is 0 Å². The second-order valence-corrected chi connectivity index (χ2v) is 3.41. The summed E-state index contributed by atoms with van der Waals surface area (Å²) < 4.78 is 35.9. The molecule has 0 aromatic carbocycles. The van der Waals surface area contributed by atoms with Crippen LogP contribution in [0.25, 0.3) is 0 Å². The SMILES string of the molecule is CC(CN(CC(F)(F)F)[N+](=O)[O-])([N+](=O)[O-])[N+](=O)[O-]. The Morgan fingerprint density at radius 2 is 1.39 bits per heavy atom. The minimum absolute atomic E-state index is 0.389. The number of hydrazine groups is 1. The molecule has 0 heterocycles. The number of alkyl halides is 3. The lowest BCUT2D eigenvalue weighted by molar-refractivity contribution is -0.805.